The topological polar surface area (TPSA) is 89.0 Å². The lowest BCUT2D eigenvalue weighted by Crippen LogP contribution is -2.46. The molecule has 0 bridgehead atoms. The predicted molar refractivity (Wildman–Crippen MR) is 90.8 cm³/mol. The van der Waals surface area contributed by atoms with Crippen LogP contribution in [0.2, 0.25) is 0 Å². The third-order valence-corrected chi connectivity index (χ3v) is 4.44. The van der Waals surface area contributed by atoms with E-state index in [1.807, 2.05) is 5.38 Å². The van der Waals surface area contributed by atoms with Gasteiger partial charge in [-0.05, 0) is 12.1 Å². The highest BCUT2D eigenvalue weighted by molar-refractivity contribution is 7.07. The van der Waals surface area contributed by atoms with Gasteiger partial charge in [-0.25, -0.2) is 4.98 Å². The minimum Gasteiger partial charge on any atom is -0.486 e. The summed E-state index contributed by atoms with van der Waals surface area (Å²) < 4.78 is 11.2. The maximum Gasteiger partial charge on any atom is 0.306 e. The molecular weight excluding hydrogens is 344 g/mol. The van der Waals surface area contributed by atoms with Crippen LogP contribution in [0.4, 0.5) is 0 Å². The van der Waals surface area contributed by atoms with Crippen LogP contribution in [-0.4, -0.2) is 52.7 Å². The molecular formula is C17H18N2O5S. The van der Waals surface area contributed by atoms with E-state index in [-0.39, 0.29) is 18.9 Å². The molecule has 1 aromatic carbocycles. The second kappa shape index (κ2) is 8.09. The summed E-state index contributed by atoms with van der Waals surface area (Å²) in [5, 5.41) is 10.8. The predicted octanol–water partition coefficient (Wildman–Crippen LogP) is 2.04. The number of thiazole rings is 1. The van der Waals surface area contributed by atoms with Crippen molar-refractivity contribution in [2.24, 2.45) is 0 Å². The number of ether oxygens (including phenoxy) is 2. The highest BCUT2D eigenvalue weighted by Crippen LogP contribution is 2.22. The van der Waals surface area contributed by atoms with E-state index in [2.05, 4.69) is 4.98 Å². The van der Waals surface area contributed by atoms with Crippen LogP contribution in [0.1, 0.15) is 22.5 Å². The van der Waals surface area contributed by atoms with Crippen molar-refractivity contribution in [3.05, 3.63) is 46.4 Å². The van der Waals surface area contributed by atoms with Crippen LogP contribution in [0, 0.1) is 0 Å². The molecule has 25 heavy (non-hydrogen) atoms. The molecule has 0 aliphatic carbocycles. The van der Waals surface area contributed by atoms with Gasteiger partial charge >= 0.3 is 5.97 Å². The molecule has 132 valence electrons. The molecule has 1 aromatic heterocycles. The summed E-state index contributed by atoms with van der Waals surface area (Å²) in [5.74, 6) is -0.638. The number of amides is 1. The number of para-hydroxylation sites is 1. The van der Waals surface area contributed by atoms with E-state index < -0.39 is 12.1 Å². The van der Waals surface area contributed by atoms with Crippen molar-refractivity contribution in [1.29, 1.82) is 0 Å². The summed E-state index contributed by atoms with van der Waals surface area (Å²) in [7, 11) is 0. The van der Waals surface area contributed by atoms with Gasteiger partial charge < -0.3 is 19.5 Å². The summed E-state index contributed by atoms with van der Waals surface area (Å²) in [6.07, 6.45) is -0.607. The smallest absolute Gasteiger partial charge is 0.306 e. The molecule has 2 heterocycles. The molecule has 1 amide bonds. The van der Waals surface area contributed by atoms with Crippen molar-refractivity contribution in [3.63, 3.8) is 0 Å². The van der Waals surface area contributed by atoms with Crippen LogP contribution in [-0.2, 0) is 16.1 Å². The number of nitrogens with zero attached hydrogens (tertiary/aromatic N) is 2. The van der Waals surface area contributed by atoms with E-state index in [9.17, 15) is 9.59 Å². The van der Waals surface area contributed by atoms with Gasteiger partial charge in [0.15, 0.2) is 0 Å². The van der Waals surface area contributed by atoms with E-state index in [0.29, 0.717) is 31.1 Å². The van der Waals surface area contributed by atoms with Crippen molar-refractivity contribution in [2.45, 2.75) is 19.1 Å². The number of carboxylic acid groups (broad SMARTS) is 1. The number of carbonyl (C=O) groups is 2. The molecule has 3 rings (SSSR count). The van der Waals surface area contributed by atoms with Gasteiger partial charge in [-0.3, -0.25) is 9.59 Å². The average Bonchev–Trinajstić information content (AvgIpc) is 3.13. The third-order valence-electron chi connectivity index (χ3n) is 3.80. The van der Waals surface area contributed by atoms with Crippen molar-refractivity contribution in [2.75, 3.05) is 19.7 Å². The van der Waals surface area contributed by atoms with E-state index in [0.717, 1.165) is 5.69 Å². The molecule has 0 radical (unpaired) electrons. The van der Waals surface area contributed by atoms with Gasteiger partial charge in [0, 0.05) is 18.5 Å². The fourth-order valence-electron chi connectivity index (χ4n) is 2.62. The number of hydrogen-bond acceptors (Lipinski definition) is 6. The van der Waals surface area contributed by atoms with E-state index in [1.165, 1.54) is 11.3 Å². The van der Waals surface area contributed by atoms with Crippen molar-refractivity contribution in [1.82, 2.24) is 9.88 Å². The number of hydrogen-bond donors (Lipinski definition) is 1. The van der Waals surface area contributed by atoms with E-state index in [1.54, 1.807) is 34.7 Å². The first kappa shape index (κ1) is 17.4. The molecule has 8 heteroatoms. The van der Waals surface area contributed by atoms with Crippen LogP contribution in [0.3, 0.4) is 0 Å². The van der Waals surface area contributed by atoms with Gasteiger partial charge in [0.05, 0.1) is 35.9 Å². The molecule has 2 aromatic rings. The minimum absolute atomic E-state index is 0.119. The lowest BCUT2D eigenvalue weighted by molar-refractivity contribution is -0.141. The first-order valence-corrected chi connectivity index (χ1v) is 8.79. The summed E-state index contributed by atoms with van der Waals surface area (Å²) >= 11 is 1.48. The Hall–Kier alpha value is -2.45. The fraction of sp³-hybridized carbons (Fsp3) is 0.353. The van der Waals surface area contributed by atoms with Crippen LogP contribution < -0.4 is 4.74 Å². The van der Waals surface area contributed by atoms with Gasteiger partial charge in [-0.2, -0.15) is 0 Å². The molecule has 1 aliphatic heterocycles. The van der Waals surface area contributed by atoms with Gasteiger partial charge in [-0.15, -0.1) is 11.3 Å². The highest BCUT2D eigenvalue weighted by Gasteiger charge is 2.28. The Labute approximate surface area is 148 Å². The quantitative estimate of drug-likeness (QED) is 0.846. The van der Waals surface area contributed by atoms with Gasteiger partial charge in [0.2, 0.25) is 0 Å². The molecule has 1 N–H and O–H groups in total. The Balaban J connectivity index is 1.70. The summed E-state index contributed by atoms with van der Waals surface area (Å²) in [6, 6.07) is 7.03. The molecule has 1 atom stereocenters. The van der Waals surface area contributed by atoms with Gasteiger partial charge in [0.25, 0.3) is 5.91 Å². The summed E-state index contributed by atoms with van der Waals surface area (Å²) in [6.45, 7) is 1.30. The SMILES string of the molecule is O=C(O)C[C@H]1CN(C(=O)c2ccccc2OCc2cscn2)CCO1. The van der Waals surface area contributed by atoms with Gasteiger partial charge in [-0.1, -0.05) is 12.1 Å². The first-order chi connectivity index (χ1) is 12.1. The van der Waals surface area contributed by atoms with E-state index >= 15 is 0 Å². The molecule has 1 fully saturated rings. The fourth-order valence-corrected chi connectivity index (χ4v) is 3.17. The molecule has 0 unspecified atom stereocenters. The van der Waals surface area contributed by atoms with Crippen LogP contribution in [0.15, 0.2) is 35.2 Å². The minimum atomic E-state index is -0.939. The Bertz CT molecular complexity index is 734. The van der Waals surface area contributed by atoms with Crippen molar-refractivity contribution >= 4 is 23.2 Å². The first-order valence-electron chi connectivity index (χ1n) is 7.85. The largest absolute Gasteiger partial charge is 0.486 e. The number of carboxylic acids is 1. The Kier molecular flexibility index (Phi) is 5.62. The normalized spacial score (nSPS) is 17.3. The van der Waals surface area contributed by atoms with Gasteiger partial charge in [0.1, 0.15) is 12.4 Å². The molecule has 7 nitrogen and oxygen atoms in total. The van der Waals surface area contributed by atoms with Crippen molar-refractivity contribution in [3.8, 4) is 5.75 Å². The standard InChI is InChI=1S/C17H18N2O5S/c20-16(21)7-13-8-19(5-6-23-13)17(22)14-3-1-2-4-15(14)24-9-12-10-25-11-18-12/h1-4,10-11,13H,5-9H2,(H,20,21)/t13-/m0/s1. The van der Waals surface area contributed by atoms with Crippen LogP contribution in [0.5, 0.6) is 5.75 Å². The lowest BCUT2D eigenvalue weighted by Gasteiger charge is -2.32. The third kappa shape index (κ3) is 4.55. The molecule has 0 spiro atoms. The zero-order valence-electron chi connectivity index (χ0n) is 13.5. The number of carbonyl (C=O) groups excluding carboxylic acids is 1. The maximum atomic E-state index is 12.8. The zero-order valence-corrected chi connectivity index (χ0v) is 14.3. The second-order valence-electron chi connectivity index (χ2n) is 5.61. The second-order valence-corrected chi connectivity index (χ2v) is 6.33. The zero-order chi connectivity index (χ0) is 17.6. The number of morpholine rings is 1. The maximum absolute atomic E-state index is 12.8. The van der Waals surface area contributed by atoms with Crippen LogP contribution >= 0.6 is 11.3 Å². The molecule has 1 aliphatic rings. The summed E-state index contributed by atoms with van der Waals surface area (Å²) in [5.41, 5.74) is 2.99. The van der Waals surface area contributed by atoms with E-state index in [4.69, 9.17) is 14.6 Å². The average molecular weight is 362 g/mol. The molecule has 0 saturated carbocycles. The number of benzene rings is 1. The Morgan fingerprint density at radius 2 is 2.24 bits per heavy atom. The lowest BCUT2D eigenvalue weighted by atomic mass is 10.1. The monoisotopic (exact) mass is 362 g/mol. The number of aromatic nitrogens is 1. The Morgan fingerprint density at radius 1 is 1.40 bits per heavy atom. The number of aliphatic carboxylic acids is 1. The van der Waals surface area contributed by atoms with Crippen molar-refractivity contribution < 1.29 is 24.2 Å². The van der Waals surface area contributed by atoms with Crippen LogP contribution in [0.25, 0.3) is 0 Å². The number of rotatable bonds is 6. The molecule has 1 saturated heterocycles. The summed E-state index contributed by atoms with van der Waals surface area (Å²) in [4.78, 5) is 29.5. The highest BCUT2D eigenvalue weighted by atomic mass is 32.1. The Morgan fingerprint density at radius 3 is 3.00 bits per heavy atom.